The van der Waals surface area contributed by atoms with Crippen LogP contribution in [0.4, 0.5) is 129 Å². The van der Waals surface area contributed by atoms with Crippen LogP contribution in [0.3, 0.4) is 0 Å². The van der Waals surface area contributed by atoms with E-state index in [1.165, 1.54) is 114 Å². The summed E-state index contributed by atoms with van der Waals surface area (Å²) < 4.78 is 315. The van der Waals surface area contributed by atoms with Gasteiger partial charge in [-0.05, 0) is 215 Å². The Hall–Kier alpha value is -15.1. The van der Waals surface area contributed by atoms with Crippen molar-refractivity contribution in [1.29, 1.82) is 0 Å². The number of alkyl halides is 12. The molecule has 0 fully saturated rings. The summed E-state index contributed by atoms with van der Waals surface area (Å²) in [7, 11) is 5.66. The molecule has 0 spiro atoms. The Morgan fingerprint density at radius 3 is 1.05 bits per heavy atom. The molecule has 0 bridgehead atoms. The molecule has 1 aliphatic rings. The van der Waals surface area contributed by atoms with Gasteiger partial charge in [-0.25, -0.2) is 84.0 Å². The Morgan fingerprint density at radius 1 is 0.385 bits per heavy atom. The van der Waals surface area contributed by atoms with Crippen LogP contribution in [-0.2, 0) is 40.5 Å². The van der Waals surface area contributed by atoms with E-state index in [0.717, 1.165) is 132 Å². The Labute approximate surface area is 754 Å². The van der Waals surface area contributed by atoms with E-state index in [2.05, 4.69) is 57.1 Å². The molecule has 706 valence electrons. The smallest absolute Gasteiger partial charge is 0.381 e. The summed E-state index contributed by atoms with van der Waals surface area (Å²) in [4.78, 5) is 52.9. The summed E-state index contributed by atoms with van der Waals surface area (Å²) in [6, 6.07) is 31.6. The van der Waals surface area contributed by atoms with Crippen LogP contribution in [0.1, 0.15) is 119 Å². The number of halogens is 24. The average molecular weight is 1930 g/mol. The Balaban J connectivity index is 0.000000162. The van der Waals surface area contributed by atoms with Gasteiger partial charge >= 0.3 is 12.4 Å². The number of hydrogen-bond donors (Lipinski definition) is 5. The zero-order valence-corrected chi connectivity index (χ0v) is 71.8. The molecule has 6 aromatic heterocycles. The average Bonchev–Trinajstić information content (AvgIpc) is 1.63. The molecule has 45 heteroatoms. The maximum Gasteiger partial charge on any atom is 0.435 e. The van der Waals surface area contributed by atoms with E-state index in [1.807, 2.05) is 13.0 Å². The van der Waals surface area contributed by atoms with Gasteiger partial charge in [0.05, 0.1) is 28.6 Å². The van der Waals surface area contributed by atoms with Crippen LogP contribution < -0.4 is 26.6 Å². The van der Waals surface area contributed by atoms with E-state index in [0.29, 0.717) is 29.9 Å². The number of aryl methyl sites for hydroxylation is 8. The molecule has 15 rings (SSSR count). The molecule has 8 aromatic carbocycles. The number of anilines is 5. The number of carbonyl (C=O) groups excluding carboxylic acids is 4. The van der Waals surface area contributed by atoms with Crippen LogP contribution in [0.2, 0.25) is 5.02 Å². The van der Waals surface area contributed by atoms with Gasteiger partial charge in [-0.3, -0.25) is 38.2 Å². The van der Waals surface area contributed by atoms with Gasteiger partial charge in [0.2, 0.25) is 0 Å². The number of amides is 4. The normalized spacial score (nSPS) is 11.9. The van der Waals surface area contributed by atoms with E-state index >= 15 is 0 Å². The van der Waals surface area contributed by atoms with E-state index in [9.17, 15) is 120 Å². The van der Waals surface area contributed by atoms with E-state index < -0.39 is 164 Å². The number of rotatable bonds is 19. The third-order valence-electron chi connectivity index (χ3n) is 19.7. The number of aliphatic imine (C=N–C) groups is 1. The molecule has 0 radical (unpaired) electrons. The van der Waals surface area contributed by atoms with E-state index in [1.54, 1.807) is 25.4 Å². The molecule has 0 atom stereocenters. The van der Waals surface area contributed by atoms with Gasteiger partial charge in [0.1, 0.15) is 103 Å². The standard InChI is InChI=1S/2C19H14F5N3O.C18H12F5N3O.C17H13ClF4N4O.C17H16F4N4/c1-9-5-13(21)17(14(22)6-9)19(28)25-10-3-4-11(12(20)7-10)16-8-15(18(23)24)26-27(16)2;1-9-5-13(21)17(14(22)6-9)19(28)25-11-3-4-16(12(20)8-11)27-10(2)7-15(26-27)18(23)24;1-9-7-14(17(22)23)25-26(9)15-6-5-10(8-13(15)21)24-18(27)16-11(19)3-2-4-12(16)20;1-25-6-5-11(18)15(25)16(27)23-9-3-4-10(12(19)7-9)13-8-14(17(20,21)22)24-26(13)2;1-10-11(5-6-22-10)9-23-12-3-4-13(14(18)7-12)15-8-16(17(19,20)21)24-25(15)2/h2*3-8,18H,1-2H3,(H,25,28);2-8,17H,1H3,(H,24,27);3-8H,1-2H3,(H,23,27);3-5,7-8,23H,6,9H2,1-2H3. The minimum Gasteiger partial charge on any atom is -0.381 e. The first-order valence-corrected chi connectivity index (χ1v) is 39.4. The van der Waals surface area contributed by atoms with Gasteiger partial charge in [0.25, 0.3) is 42.9 Å². The number of carbonyl (C=O) groups is 4. The highest BCUT2D eigenvalue weighted by Crippen LogP contribution is 2.38. The summed E-state index contributed by atoms with van der Waals surface area (Å²) in [6.07, 6.45) is -14.0. The van der Waals surface area contributed by atoms with Crippen molar-refractivity contribution in [3.8, 4) is 45.1 Å². The third-order valence-corrected chi connectivity index (χ3v) is 20.0. The highest BCUT2D eigenvalue weighted by molar-refractivity contribution is 6.34. The van der Waals surface area contributed by atoms with Crippen LogP contribution in [0.25, 0.3) is 45.1 Å². The first-order chi connectivity index (χ1) is 63.4. The van der Waals surface area contributed by atoms with Gasteiger partial charge in [0.15, 0.2) is 23.0 Å². The molecule has 135 heavy (non-hydrogen) atoms. The van der Waals surface area contributed by atoms with Crippen molar-refractivity contribution in [1.82, 2.24) is 53.5 Å². The molecular weight excluding hydrogens is 1860 g/mol. The molecular formula is C90H69ClF23N17O4. The molecule has 0 unspecified atom stereocenters. The van der Waals surface area contributed by atoms with Crippen LogP contribution in [-0.4, -0.2) is 95.9 Å². The summed E-state index contributed by atoms with van der Waals surface area (Å²) in [6.45, 7) is 8.98. The fraction of sp³-hybridized carbons (Fsp3) is 0.178. The van der Waals surface area contributed by atoms with Crippen LogP contribution in [0.5, 0.6) is 0 Å². The zero-order valence-electron chi connectivity index (χ0n) is 71.0. The van der Waals surface area contributed by atoms with Crippen molar-refractivity contribution in [3.63, 3.8) is 0 Å². The lowest BCUT2D eigenvalue weighted by molar-refractivity contribution is -0.142. The lowest BCUT2D eigenvalue weighted by atomic mass is 10.1. The van der Waals surface area contributed by atoms with Crippen molar-refractivity contribution >= 4 is 69.4 Å². The number of benzene rings is 8. The summed E-state index contributed by atoms with van der Waals surface area (Å²) in [5.74, 6) is -14.1. The van der Waals surface area contributed by atoms with Gasteiger partial charge in [-0.15, -0.1) is 0 Å². The number of nitrogens with zero attached hydrogens (tertiary/aromatic N) is 12. The van der Waals surface area contributed by atoms with Gasteiger partial charge in [0, 0.05) is 103 Å². The Kier molecular flexibility index (Phi) is 31.1. The number of nitrogens with one attached hydrogen (secondary N) is 5. The van der Waals surface area contributed by atoms with Crippen molar-refractivity contribution in [3.05, 3.63) is 330 Å². The molecule has 1 aliphatic heterocycles. The Morgan fingerprint density at radius 2 is 0.726 bits per heavy atom. The van der Waals surface area contributed by atoms with E-state index in [4.69, 9.17) is 11.6 Å². The molecule has 0 aliphatic carbocycles. The van der Waals surface area contributed by atoms with Crippen LogP contribution >= 0.6 is 11.6 Å². The van der Waals surface area contributed by atoms with Crippen molar-refractivity contribution in [2.45, 2.75) is 66.2 Å². The van der Waals surface area contributed by atoms with Crippen molar-refractivity contribution < 1.29 is 120 Å². The monoisotopic (exact) mass is 1920 g/mol. The summed E-state index contributed by atoms with van der Waals surface area (Å²) >= 11 is 5.94. The van der Waals surface area contributed by atoms with Crippen molar-refractivity contribution in [2.24, 2.45) is 33.2 Å². The topological polar surface area (TPSA) is 235 Å². The lowest BCUT2D eigenvalue weighted by Crippen LogP contribution is -2.16. The minimum absolute atomic E-state index is 0.0207. The van der Waals surface area contributed by atoms with Gasteiger partial charge in [-0.1, -0.05) is 23.7 Å². The SMILES string of the molecule is CC1=NCC=C1CNc1ccc(-c2cc(C(F)(F)F)nn2C)c(F)c1.Cc1cc(C(F)F)nn1-c1ccc(NC(=O)c2c(F)cccc2F)cc1F.Cc1cc(F)c(C(=O)Nc2ccc(-c3cc(C(F)F)nn3C)c(F)c2)c(F)c1.Cc1cc(F)c(C(=O)Nc2ccc(-n3nc(C(F)F)cc3C)c(F)c2)c(F)c1.Cn1ccc(Cl)c1C(=O)Nc1ccc(-c2cc(C(F)(F)F)nn2C)c(F)c1. The van der Waals surface area contributed by atoms with Gasteiger partial charge < -0.3 is 31.2 Å². The quantitative estimate of drug-likeness (QED) is 0.0480. The predicted molar refractivity (Wildman–Crippen MR) is 453 cm³/mol. The molecule has 5 N–H and O–H groups in total. The van der Waals surface area contributed by atoms with Crippen LogP contribution in [0.15, 0.2) is 193 Å². The molecule has 7 heterocycles. The molecule has 14 aromatic rings. The molecule has 4 amide bonds. The molecule has 0 saturated heterocycles. The maximum absolute atomic E-state index is 14.5. The van der Waals surface area contributed by atoms with Crippen LogP contribution in [0, 0.1) is 91.7 Å². The Bertz CT molecular complexity index is 6650. The summed E-state index contributed by atoms with van der Waals surface area (Å²) in [5, 5.41) is 30.1. The van der Waals surface area contributed by atoms with E-state index in [-0.39, 0.29) is 90.0 Å². The first-order valence-electron chi connectivity index (χ1n) is 39.0. The fourth-order valence-corrected chi connectivity index (χ4v) is 13.5. The predicted octanol–water partition coefficient (Wildman–Crippen LogP) is 23.4. The largest absolute Gasteiger partial charge is 0.435 e. The number of hydrogen-bond acceptors (Lipinski definition) is 11. The zero-order chi connectivity index (χ0) is 99.0. The molecule has 0 saturated carbocycles. The van der Waals surface area contributed by atoms with Gasteiger partial charge in [-0.2, -0.15) is 51.8 Å². The minimum atomic E-state index is -4.63. The fourth-order valence-electron chi connectivity index (χ4n) is 13.2. The second-order valence-corrected chi connectivity index (χ2v) is 29.9. The third kappa shape index (κ3) is 24.0. The number of aromatic nitrogens is 11. The van der Waals surface area contributed by atoms with Crippen molar-refractivity contribution in [2.75, 3.05) is 39.7 Å². The maximum atomic E-state index is 14.5. The first kappa shape index (κ1) is 100. The lowest BCUT2D eigenvalue weighted by Gasteiger charge is -2.10. The highest BCUT2D eigenvalue weighted by atomic mass is 35.5. The highest BCUT2D eigenvalue weighted by Gasteiger charge is 2.37. The molecule has 21 nitrogen and oxygen atoms in total. The summed E-state index contributed by atoms with van der Waals surface area (Å²) in [5.41, 5.74) is -2.30. The second-order valence-electron chi connectivity index (χ2n) is 29.5. The second kappa shape index (κ2) is 41.8.